The second kappa shape index (κ2) is 6.29. The van der Waals surface area contributed by atoms with E-state index in [1.54, 1.807) is 29.2 Å². The highest BCUT2D eigenvalue weighted by atomic mass is 16.2. The molecule has 1 heterocycles. The summed E-state index contributed by atoms with van der Waals surface area (Å²) in [6.45, 7) is 3.37. The van der Waals surface area contributed by atoms with Crippen molar-refractivity contribution in [2.45, 2.75) is 13.8 Å². The zero-order valence-electron chi connectivity index (χ0n) is 15.1. The quantitative estimate of drug-likeness (QED) is 0.535. The number of nitrogens with zero attached hydrogens (tertiary/aromatic N) is 1. The number of benzene rings is 3. The van der Waals surface area contributed by atoms with Crippen LogP contribution in [0, 0.1) is 6.92 Å². The van der Waals surface area contributed by atoms with Gasteiger partial charge < -0.3 is 11.1 Å². The fraction of sp³-hybridized carbons (Fsp3) is 0.0909. The van der Waals surface area contributed by atoms with E-state index < -0.39 is 0 Å². The molecular weight excluding hydrogens is 338 g/mol. The van der Waals surface area contributed by atoms with Crippen LogP contribution in [-0.4, -0.2) is 11.8 Å². The first-order valence-electron chi connectivity index (χ1n) is 8.68. The Kier molecular flexibility index (Phi) is 3.92. The molecule has 134 valence electrons. The Bertz CT molecular complexity index is 1060. The lowest BCUT2D eigenvalue weighted by Gasteiger charge is -2.06. The molecule has 27 heavy (non-hydrogen) atoms. The molecule has 4 rings (SSSR count). The molecule has 0 saturated carbocycles. The maximum absolute atomic E-state index is 13.0. The SMILES string of the molecule is CC(=O)Nc1ccc(C(=O)N2c3c(-c4ccccc4)cc(N)c(C)c32)cc1. The summed E-state index contributed by atoms with van der Waals surface area (Å²) >= 11 is 0. The number of nitrogens with one attached hydrogen (secondary N) is 1. The Morgan fingerprint density at radius 2 is 1.63 bits per heavy atom. The van der Waals surface area contributed by atoms with Crippen molar-refractivity contribution < 1.29 is 9.59 Å². The number of anilines is 4. The van der Waals surface area contributed by atoms with Crippen LogP contribution in [-0.2, 0) is 4.79 Å². The van der Waals surface area contributed by atoms with Gasteiger partial charge in [-0.25, -0.2) is 0 Å². The molecule has 5 heteroatoms. The first kappa shape index (κ1) is 16.8. The molecule has 0 fully saturated rings. The van der Waals surface area contributed by atoms with Gasteiger partial charge in [-0.2, -0.15) is 0 Å². The van der Waals surface area contributed by atoms with Crippen LogP contribution in [0.15, 0.2) is 60.7 Å². The van der Waals surface area contributed by atoms with Crippen molar-refractivity contribution in [2.24, 2.45) is 0 Å². The van der Waals surface area contributed by atoms with E-state index in [4.69, 9.17) is 5.73 Å². The van der Waals surface area contributed by atoms with Crippen LogP contribution in [0.2, 0.25) is 0 Å². The molecule has 5 nitrogen and oxygen atoms in total. The van der Waals surface area contributed by atoms with Crippen LogP contribution in [0.3, 0.4) is 0 Å². The summed E-state index contributed by atoms with van der Waals surface area (Å²) in [5.74, 6) is -0.253. The van der Waals surface area contributed by atoms with Gasteiger partial charge in [0.2, 0.25) is 5.91 Å². The van der Waals surface area contributed by atoms with Gasteiger partial charge in [-0.15, -0.1) is 0 Å². The van der Waals surface area contributed by atoms with E-state index in [0.717, 1.165) is 28.1 Å². The van der Waals surface area contributed by atoms with Crippen molar-refractivity contribution in [1.82, 2.24) is 0 Å². The molecule has 0 saturated heterocycles. The Morgan fingerprint density at radius 1 is 0.963 bits per heavy atom. The molecule has 0 aromatic heterocycles. The molecule has 3 aromatic rings. The van der Waals surface area contributed by atoms with Gasteiger partial charge in [0.05, 0.1) is 11.4 Å². The first-order valence-corrected chi connectivity index (χ1v) is 8.68. The van der Waals surface area contributed by atoms with Crippen molar-refractivity contribution >= 4 is 34.6 Å². The summed E-state index contributed by atoms with van der Waals surface area (Å²) in [4.78, 5) is 25.9. The highest BCUT2D eigenvalue weighted by Gasteiger charge is 2.41. The van der Waals surface area contributed by atoms with E-state index in [-0.39, 0.29) is 11.8 Å². The first-order chi connectivity index (χ1) is 13.0. The molecule has 2 amide bonds. The molecule has 1 aliphatic rings. The summed E-state index contributed by atoms with van der Waals surface area (Å²) < 4.78 is 0. The number of hydrogen-bond acceptors (Lipinski definition) is 3. The van der Waals surface area contributed by atoms with E-state index in [1.165, 1.54) is 6.92 Å². The number of carbonyl (C=O) groups excluding carboxylic acids is 2. The standard InChI is InChI=1S/C22H19N3O2/c1-13-19(23)12-18(15-6-4-3-5-7-15)21-20(13)25(21)22(27)16-8-10-17(11-9-16)24-14(2)26/h3-12H,23H2,1-2H3,(H,24,26). The number of hydrogen-bond donors (Lipinski definition) is 2. The molecule has 0 atom stereocenters. The van der Waals surface area contributed by atoms with Gasteiger partial charge in [-0.3, -0.25) is 14.5 Å². The molecule has 0 spiro atoms. The second-order valence-electron chi connectivity index (χ2n) is 6.60. The number of carbonyl (C=O) groups is 2. The molecular formula is C22H19N3O2. The van der Waals surface area contributed by atoms with E-state index in [1.807, 2.05) is 43.3 Å². The van der Waals surface area contributed by atoms with Crippen LogP contribution in [0.1, 0.15) is 22.8 Å². The topological polar surface area (TPSA) is 75.2 Å². The minimum atomic E-state index is -0.147. The predicted octanol–water partition coefficient (Wildman–Crippen LogP) is 4.49. The number of amides is 2. The molecule has 3 N–H and O–H groups in total. The predicted molar refractivity (Wildman–Crippen MR) is 108 cm³/mol. The zero-order chi connectivity index (χ0) is 19.1. The van der Waals surface area contributed by atoms with Crippen LogP contribution in [0.5, 0.6) is 0 Å². The lowest BCUT2D eigenvalue weighted by molar-refractivity contribution is -0.114. The number of rotatable bonds is 3. The molecule has 0 aliphatic carbocycles. The fourth-order valence-electron chi connectivity index (χ4n) is 3.30. The van der Waals surface area contributed by atoms with E-state index in [0.29, 0.717) is 16.9 Å². The summed E-state index contributed by atoms with van der Waals surface area (Å²) in [5, 5.41) is 2.70. The smallest absolute Gasteiger partial charge is 0.263 e. The van der Waals surface area contributed by atoms with Crippen molar-refractivity contribution in [3.05, 3.63) is 71.8 Å². The molecule has 3 aromatic carbocycles. The zero-order valence-corrected chi connectivity index (χ0v) is 15.1. The third-order valence-corrected chi connectivity index (χ3v) is 4.70. The van der Waals surface area contributed by atoms with Crippen molar-refractivity contribution in [3.8, 4) is 11.1 Å². The Morgan fingerprint density at radius 3 is 2.26 bits per heavy atom. The number of nitrogens with two attached hydrogens (primary N) is 1. The van der Waals surface area contributed by atoms with Crippen molar-refractivity contribution in [3.63, 3.8) is 0 Å². The Hall–Kier alpha value is -3.60. The van der Waals surface area contributed by atoms with Crippen LogP contribution in [0.4, 0.5) is 22.7 Å². The van der Waals surface area contributed by atoms with Gasteiger partial charge >= 0.3 is 0 Å². The van der Waals surface area contributed by atoms with Crippen molar-refractivity contribution in [1.29, 1.82) is 0 Å². The summed E-state index contributed by atoms with van der Waals surface area (Å²) in [6, 6.07) is 18.7. The van der Waals surface area contributed by atoms with Crippen LogP contribution < -0.4 is 16.0 Å². The van der Waals surface area contributed by atoms with Gasteiger partial charge in [0.15, 0.2) is 0 Å². The molecule has 0 unspecified atom stereocenters. The maximum Gasteiger partial charge on any atom is 0.263 e. The van der Waals surface area contributed by atoms with Gasteiger partial charge in [0.25, 0.3) is 5.91 Å². The largest absolute Gasteiger partial charge is 0.398 e. The monoisotopic (exact) mass is 357 g/mol. The summed E-state index contributed by atoms with van der Waals surface area (Å²) in [7, 11) is 0. The molecule has 0 bridgehead atoms. The van der Waals surface area contributed by atoms with Gasteiger partial charge in [0.1, 0.15) is 0 Å². The minimum absolute atomic E-state index is 0.106. The highest BCUT2D eigenvalue weighted by Crippen LogP contribution is 2.58. The summed E-state index contributed by atoms with van der Waals surface area (Å²) in [6.07, 6.45) is 0. The lowest BCUT2D eigenvalue weighted by Crippen LogP contribution is -2.14. The third kappa shape index (κ3) is 2.93. The minimum Gasteiger partial charge on any atom is -0.398 e. The average molecular weight is 357 g/mol. The van der Waals surface area contributed by atoms with Crippen LogP contribution in [0.25, 0.3) is 11.1 Å². The van der Waals surface area contributed by atoms with Gasteiger partial charge in [-0.05, 0) is 48.4 Å². The number of nitrogen functional groups attached to an aromatic ring is 1. The van der Waals surface area contributed by atoms with Gasteiger partial charge in [-0.1, -0.05) is 30.3 Å². The van der Waals surface area contributed by atoms with Crippen LogP contribution >= 0.6 is 0 Å². The van der Waals surface area contributed by atoms with E-state index in [9.17, 15) is 9.59 Å². The second-order valence-corrected chi connectivity index (χ2v) is 6.60. The van der Waals surface area contributed by atoms with E-state index in [2.05, 4.69) is 5.32 Å². The third-order valence-electron chi connectivity index (χ3n) is 4.70. The van der Waals surface area contributed by atoms with Gasteiger partial charge in [0, 0.05) is 29.4 Å². The Labute approximate surface area is 157 Å². The average Bonchev–Trinajstić information content (AvgIpc) is 3.41. The van der Waals surface area contributed by atoms with Crippen molar-refractivity contribution in [2.75, 3.05) is 16.0 Å². The molecule has 0 radical (unpaired) electrons. The molecule has 1 aliphatic heterocycles. The van der Waals surface area contributed by atoms with E-state index >= 15 is 0 Å². The lowest BCUT2D eigenvalue weighted by atomic mass is 10.0. The Balaban J connectivity index is 1.68. The summed E-state index contributed by atoms with van der Waals surface area (Å²) in [5.41, 5.74) is 12.7. The highest BCUT2D eigenvalue weighted by molar-refractivity contribution is 6.27. The normalized spacial score (nSPS) is 11.7. The fourth-order valence-corrected chi connectivity index (χ4v) is 3.30. The number of fused-ring (bicyclic) bond motifs is 1. The maximum atomic E-state index is 13.0.